The van der Waals surface area contributed by atoms with E-state index in [4.69, 9.17) is 4.74 Å². The van der Waals surface area contributed by atoms with E-state index in [0.29, 0.717) is 25.6 Å². The van der Waals surface area contributed by atoms with Gasteiger partial charge in [-0.2, -0.15) is 0 Å². The van der Waals surface area contributed by atoms with Gasteiger partial charge in [0.1, 0.15) is 12.0 Å². The second-order valence-corrected chi connectivity index (χ2v) is 6.46. The Balaban J connectivity index is 2.26. The van der Waals surface area contributed by atoms with Crippen LogP contribution in [0.25, 0.3) is 0 Å². The van der Waals surface area contributed by atoms with Crippen molar-refractivity contribution in [3.05, 3.63) is 0 Å². The molecule has 7 heteroatoms. The predicted molar refractivity (Wildman–Crippen MR) is 80.2 cm³/mol. The first kappa shape index (κ1) is 18.3. The standard InChI is InChI=1S/C15H26N2O5/c1-15(2,3)22-14(20)16-10-11-5-7-17(8-6-11)12(18)9-13(19)21-4/h11H,5-10H2,1-4H3,(H,16,20). The number of nitrogens with zero attached hydrogens (tertiary/aromatic N) is 1. The Hall–Kier alpha value is -1.79. The van der Waals surface area contributed by atoms with Gasteiger partial charge >= 0.3 is 12.1 Å². The fourth-order valence-electron chi connectivity index (χ4n) is 2.24. The molecule has 1 aliphatic rings. The van der Waals surface area contributed by atoms with Gasteiger partial charge in [-0.1, -0.05) is 0 Å². The average molecular weight is 314 g/mol. The maximum Gasteiger partial charge on any atom is 0.407 e. The SMILES string of the molecule is COC(=O)CC(=O)N1CCC(CNC(=O)OC(C)(C)C)CC1. The van der Waals surface area contributed by atoms with Gasteiger partial charge in [-0.25, -0.2) is 4.79 Å². The van der Waals surface area contributed by atoms with Gasteiger partial charge in [0.05, 0.1) is 7.11 Å². The normalized spacial score (nSPS) is 16.1. The second-order valence-electron chi connectivity index (χ2n) is 6.46. The molecule has 0 aromatic carbocycles. The zero-order chi connectivity index (χ0) is 16.8. The summed E-state index contributed by atoms with van der Waals surface area (Å²) in [5, 5.41) is 2.76. The molecule has 0 aliphatic carbocycles. The summed E-state index contributed by atoms with van der Waals surface area (Å²) in [6, 6.07) is 0. The van der Waals surface area contributed by atoms with Gasteiger partial charge in [-0.05, 0) is 39.5 Å². The van der Waals surface area contributed by atoms with Crippen LogP contribution in [0.2, 0.25) is 0 Å². The minimum atomic E-state index is -0.515. The first-order chi connectivity index (χ1) is 10.2. The van der Waals surface area contributed by atoms with E-state index in [9.17, 15) is 14.4 Å². The molecule has 2 amide bonds. The lowest BCUT2D eigenvalue weighted by atomic mass is 9.96. The zero-order valence-corrected chi connectivity index (χ0v) is 13.8. The number of carbonyl (C=O) groups is 3. The van der Waals surface area contributed by atoms with E-state index in [1.807, 2.05) is 20.8 Å². The molecule has 22 heavy (non-hydrogen) atoms. The molecule has 0 saturated carbocycles. The summed E-state index contributed by atoms with van der Waals surface area (Å²) in [5.41, 5.74) is -0.506. The molecule has 126 valence electrons. The first-order valence-electron chi connectivity index (χ1n) is 7.52. The molecule has 1 heterocycles. The van der Waals surface area contributed by atoms with Crippen molar-refractivity contribution in [1.82, 2.24) is 10.2 Å². The van der Waals surface area contributed by atoms with Crippen molar-refractivity contribution >= 4 is 18.0 Å². The Morgan fingerprint density at radius 2 is 1.77 bits per heavy atom. The topological polar surface area (TPSA) is 84.9 Å². The highest BCUT2D eigenvalue weighted by molar-refractivity contribution is 5.94. The van der Waals surface area contributed by atoms with Gasteiger partial charge in [0.2, 0.25) is 5.91 Å². The number of nitrogens with one attached hydrogen (secondary N) is 1. The summed E-state index contributed by atoms with van der Waals surface area (Å²) in [7, 11) is 1.27. The summed E-state index contributed by atoms with van der Waals surface area (Å²) >= 11 is 0. The van der Waals surface area contributed by atoms with Crippen LogP contribution in [0, 0.1) is 5.92 Å². The molecule has 0 aromatic rings. The van der Waals surface area contributed by atoms with Gasteiger partial charge in [-0.15, -0.1) is 0 Å². The van der Waals surface area contributed by atoms with E-state index in [1.54, 1.807) is 4.90 Å². The second kappa shape index (κ2) is 8.00. The van der Waals surface area contributed by atoms with Crippen molar-refractivity contribution in [3.63, 3.8) is 0 Å². The highest BCUT2D eigenvalue weighted by atomic mass is 16.6. The average Bonchev–Trinajstić information content (AvgIpc) is 2.43. The van der Waals surface area contributed by atoms with Crippen LogP contribution in [-0.2, 0) is 19.1 Å². The molecular formula is C15H26N2O5. The Bertz CT molecular complexity index is 409. The predicted octanol–water partition coefficient (Wildman–Crippen LogP) is 1.31. The quantitative estimate of drug-likeness (QED) is 0.625. The number of alkyl carbamates (subject to hydrolysis) is 1. The molecule has 1 rings (SSSR count). The number of esters is 1. The lowest BCUT2D eigenvalue weighted by Gasteiger charge is -2.32. The summed E-state index contributed by atoms with van der Waals surface area (Å²) in [6.45, 7) is 7.18. The van der Waals surface area contributed by atoms with Crippen LogP contribution in [-0.4, -0.2) is 55.2 Å². The molecule has 7 nitrogen and oxygen atoms in total. The number of piperidine rings is 1. The maximum absolute atomic E-state index is 11.8. The van der Waals surface area contributed by atoms with Crippen LogP contribution in [0.15, 0.2) is 0 Å². The van der Waals surface area contributed by atoms with Crippen LogP contribution in [0.5, 0.6) is 0 Å². The van der Waals surface area contributed by atoms with Gasteiger partial charge in [-0.3, -0.25) is 9.59 Å². The van der Waals surface area contributed by atoms with Crippen LogP contribution in [0.3, 0.4) is 0 Å². The Labute approximate surface area is 131 Å². The van der Waals surface area contributed by atoms with E-state index in [-0.39, 0.29) is 12.3 Å². The number of methoxy groups -OCH3 is 1. The van der Waals surface area contributed by atoms with Crippen LogP contribution >= 0.6 is 0 Å². The van der Waals surface area contributed by atoms with E-state index in [2.05, 4.69) is 10.1 Å². The summed E-state index contributed by atoms with van der Waals surface area (Å²) in [4.78, 5) is 36.2. The number of likely N-dealkylation sites (tertiary alicyclic amines) is 1. The molecule has 0 bridgehead atoms. The third kappa shape index (κ3) is 6.78. The van der Waals surface area contributed by atoms with Gasteiger partial charge in [0.25, 0.3) is 0 Å². The zero-order valence-electron chi connectivity index (χ0n) is 13.8. The van der Waals surface area contributed by atoms with E-state index < -0.39 is 17.7 Å². The molecule has 1 fully saturated rings. The Morgan fingerprint density at radius 1 is 1.18 bits per heavy atom. The van der Waals surface area contributed by atoms with Crippen molar-refractivity contribution in [2.24, 2.45) is 5.92 Å². The van der Waals surface area contributed by atoms with Crippen molar-refractivity contribution in [1.29, 1.82) is 0 Å². The number of hydrogen-bond donors (Lipinski definition) is 1. The Morgan fingerprint density at radius 3 is 2.27 bits per heavy atom. The van der Waals surface area contributed by atoms with Crippen molar-refractivity contribution in [2.75, 3.05) is 26.7 Å². The van der Waals surface area contributed by atoms with Gasteiger partial charge < -0.3 is 19.7 Å². The highest BCUT2D eigenvalue weighted by Gasteiger charge is 2.25. The summed E-state index contributed by atoms with van der Waals surface area (Å²) in [6.07, 6.45) is 0.958. The maximum atomic E-state index is 11.8. The van der Waals surface area contributed by atoms with Crippen LogP contribution < -0.4 is 5.32 Å². The number of carbonyl (C=O) groups excluding carboxylic acids is 3. The molecule has 0 spiro atoms. The fourth-order valence-corrected chi connectivity index (χ4v) is 2.24. The summed E-state index contributed by atoms with van der Waals surface area (Å²) < 4.78 is 9.67. The van der Waals surface area contributed by atoms with Crippen LogP contribution in [0.4, 0.5) is 4.79 Å². The third-order valence-corrected chi connectivity index (χ3v) is 3.42. The van der Waals surface area contributed by atoms with E-state index in [0.717, 1.165) is 12.8 Å². The number of ether oxygens (including phenoxy) is 2. The molecule has 1 saturated heterocycles. The largest absolute Gasteiger partial charge is 0.469 e. The Kier molecular flexibility index (Phi) is 6.64. The lowest BCUT2D eigenvalue weighted by Crippen LogP contribution is -2.42. The molecule has 0 unspecified atom stereocenters. The molecule has 0 radical (unpaired) electrons. The van der Waals surface area contributed by atoms with E-state index >= 15 is 0 Å². The van der Waals surface area contributed by atoms with Gasteiger partial charge in [0, 0.05) is 19.6 Å². The third-order valence-electron chi connectivity index (χ3n) is 3.42. The van der Waals surface area contributed by atoms with Gasteiger partial charge in [0.15, 0.2) is 0 Å². The number of amides is 2. The number of hydrogen-bond acceptors (Lipinski definition) is 5. The number of rotatable bonds is 4. The van der Waals surface area contributed by atoms with Crippen LogP contribution in [0.1, 0.15) is 40.0 Å². The minimum Gasteiger partial charge on any atom is -0.469 e. The molecular weight excluding hydrogens is 288 g/mol. The van der Waals surface area contributed by atoms with Crippen molar-refractivity contribution in [2.45, 2.75) is 45.6 Å². The minimum absolute atomic E-state index is 0.203. The first-order valence-corrected chi connectivity index (χ1v) is 7.52. The monoisotopic (exact) mass is 314 g/mol. The van der Waals surface area contributed by atoms with Crippen molar-refractivity contribution < 1.29 is 23.9 Å². The summed E-state index contributed by atoms with van der Waals surface area (Å²) in [5.74, 6) is -0.404. The van der Waals surface area contributed by atoms with Crippen molar-refractivity contribution in [3.8, 4) is 0 Å². The highest BCUT2D eigenvalue weighted by Crippen LogP contribution is 2.17. The smallest absolute Gasteiger partial charge is 0.407 e. The fraction of sp³-hybridized carbons (Fsp3) is 0.800. The molecule has 1 N–H and O–H groups in total. The molecule has 0 aromatic heterocycles. The molecule has 0 atom stereocenters. The molecule has 1 aliphatic heterocycles. The van der Waals surface area contributed by atoms with E-state index in [1.165, 1.54) is 7.11 Å². The lowest BCUT2D eigenvalue weighted by molar-refractivity contribution is -0.147.